The number of carboxylic acid groups (broad SMARTS) is 1. The largest absolute Gasteiger partial charge is 0.478 e. The van der Waals surface area contributed by atoms with E-state index < -0.39 is 16.0 Å². The molecule has 2 N–H and O–H groups in total. The molecule has 1 aliphatic rings. The standard InChI is InChI=1S/C15H21NO5S/c1-11-4-5-13(15(17)18)9-14(11)22(19,20)16-7-6-12-3-2-8-21-10-12/h4-5,9,12,16H,2-3,6-8,10H2,1H3,(H,17,18)/t12-/m1/s1. The SMILES string of the molecule is Cc1ccc(C(=O)O)cc1S(=O)(=O)NCC[C@H]1CCCOC1. The number of benzene rings is 1. The molecular weight excluding hydrogens is 306 g/mol. The van der Waals surface area contributed by atoms with E-state index in [9.17, 15) is 13.2 Å². The molecule has 22 heavy (non-hydrogen) atoms. The second kappa shape index (κ2) is 7.21. The van der Waals surface area contributed by atoms with Crippen molar-refractivity contribution in [2.45, 2.75) is 31.1 Å². The molecule has 1 atom stereocenters. The predicted molar refractivity (Wildman–Crippen MR) is 81.5 cm³/mol. The second-order valence-electron chi connectivity index (χ2n) is 5.56. The molecule has 1 aromatic carbocycles. The minimum Gasteiger partial charge on any atom is -0.478 e. The van der Waals surface area contributed by atoms with Crippen molar-refractivity contribution < 1.29 is 23.1 Å². The third kappa shape index (κ3) is 4.28. The number of aryl methyl sites for hydroxylation is 1. The van der Waals surface area contributed by atoms with Gasteiger partial charge in [0.25, 0.3) is 0 Å². The third-order valence-electron chi connectivity index (χ3n) is 3.82. The van der Waals surface area contributed by atoms with Crippen LogP contribution in [0.1, 0.15) is 35.2 Å². The summed E-state index contributed by atoms with van der Waals surface area (Å²) in [5, 5.41) is 8.98. The summed E-state index contributed by atoms with van der Waals surface area (Å²) < 4.78 is 32.6. The first-order valence-corrected chi connectivity index (χ1v) is 8.80. The third-order valence-corrected chi connectivity index (χ3v) is 5.43. The van der Waals surface area contributed by atoms with Gasteiger partial charge in [-0.3, -0.25) is 0 Å². The van der Waals surface area contributed by atoms with Gasteiger partial charge in [0.1, 0.15) is 0 Å². The highest BCUT2D eigenvalue weighted by molar-refractivity contribution is 7.89. The van der Waals surface area contributed by atoms with E-state index in [1.165, 1.54) is 18.2 Å². The van der Waals surface area contributed by atoms with Crippen molar-refractivity contribution in [3.05, 3.63) is 29.3 Å². The molecule has 0 saturated carbocycles. The molecule has 0 amide bonds. The Kier molecular flexibility index (Phi) is 5.55. The molecule has 1 saturated heterocycles. The number of hydrogen-bond donors (Lipinski definition) is 2. The van der Waals surface area contributed by atoms with Crippen molar-refractivity contribution in [2.75, 3.05) is 19.8 Å². The molecule has 1 fully saturated rings. The highest BCUT2D eigenvalue weighted by atomic mass is 32.2. The quantitative estimate of drug-likeness (QED) is 0.831. The van der Waals surface area contributed by atoms with E-state index >= 15 is 0 Å². The Labute approximate surface area is 130 Å². The molecule has 7 heteroatoms. The lowest BCUT2D eigenvalue weighted by molar-refractivity contribution is 0.0523. The fraction of sp³-hybridized carbons (Fsp3) is 0.533. The van der Waals surface area contributed by atoms with Gasteiger partial charge in [0, 0.05) is 19.8 Å². The van der Waals surface area contributed by atoms with E-state index in [4.69, 9.17) is 9.84 Å². The summed E-state index contributed by atoms with van der Waals surface area (Å²) in [5.74, 6) is -0.765. The van der Waals surface area contributed by atoms with Crippen LogP contribution in [0.3, 0.4) is 0 Å². The van der Waals surface area contributed by atoms with Crippen LogP contribution in [0, 0.1) is 12.8 Å². The molecule has 122 valence electrons. The summed E-state index contributed by atoms with van der Waals surface area (Å²) >= 11 is 0. The minimum absolute atomic E-state index is 0.0206. The van der Waals surface area contributed by atoms with Crippen LogP contribution >= 0.6 is 0 Å². The lowest BCUT2D eigenvalue weighted by atomic mass is 9.99. The Morgan fingerprint density at radius 1 is 1.45 bits per heavy atom. The molecule has 0 unspecified atom stereocenters. The van der Waals surface area contributed by atoms with Crippen molar-refractivity contribution >= 4 is 16.0 Å². The summed E-state index contributed by atoms with van der Waals surface area (Å²) in [6, 6.07) is 4.10. The molecule has 1 aromatic rings. The Morgan fingerprint density at radius 3 is 2.86 bits per heavy atom. The Bertz CT molecular complexity index is 635. The minimum atomic E-state index is -3.70. The number of carboxylic acids is 1. The van der Waals surface area contributed by atoms with Gasteiger partial charge in [0.2, 0.25) is 10.0 Å². The van der Waals surface area contributed by atoms with Gasteiger partial charge >= 0.3 is 5.97 Å². The summed E-state index contributed by atoms with van der Waals surface area (Å²) in [6.07, 6.45) is 2.78. The van der Waals surface area contributed by atoms with Gasteiger partial charge in [-0.15, -0.1) is 0 Å². The first-order chi connectivity index (χ1) is 10.4. The molecule has 0 aliphatic carbocycles. The number of aromatic carboxylic acids is 1. The molecule has 0 aromatic heterocycles. The average Bonchev–Trinajstić information content (AvgIpc) is 2.48. The molecular formula is C15H21NO5S. The van der Waals surface area contributed by atoms with E-state index in [1.807, 2.05) is 0 Å². The zero-order valence-electron chi connectivity index (χ0n) is 12.5. The monoisotopic (exact) mass is 327 g/mol. The highest BCUT2D eigenvalue weighted by Gasteiger charge is 2.20. The molecule has 6 nitrogen and oxygen atoms in total. The van der Waals surface area contributed by atoms with Gasteiger partial charge in [0.05, 0.1) is 10.5 Å². The fourth-order valence-electron chi connectivity index (χ4n) is 2.53. The van der Waals surface area contributed by atoms with Crippen LogP contribution in [0.25, 0.3) is 0 Å². The van der Waals surface area contributed by atoms with Crippen LogP contribution in [0.15, 0.2) is 23.1 Å². The number of sulfonamides is 1. The summed E-state index contributed by atoms with van der Waals surface area (Å²) in [6.45, 7) is 3.43. The smallest absolute Gasteiger partial charge is 0.335 e. The van der Waals surface area contributed by atoms with Crippen LogP contribution in [0.4, 0.5) is 0 Å². The van der Waals surface area contributed by atoms with Crippen molar-refractivity contribution in [2.24, 2.45) is 5.92 Å². The van der Waals surface area contributed by atoms with Gasteiger partial charge in [-0.1, -0.05) is 6.07 Å². The first kappa shape index (κ1) is 16.9. The molecule has 0 radical (unpaired) electrons. The number of rotatable bonds is 6. The van der Waals surface area contributed by atoms with E-state index in [2.05, 4.69) is 4.72 Å². The number of nitrogens with one attached hydrogen (secondary N) is 1. The summed E-state index contributed by atoms with van der Waals surface area (Å²) in [7, 11) is -3.70. The zero-order chi connectivity index (χ0) is 16.2. The molecule has 1 aliphatic heterocycles. The van der Waals surface area contributed by atoms with Gasteiger partial charge < -0.3 is 9.84 Å². The van der Waals surface area contributed by atoms with E-state index in [0.29, 0.717) is 24.6 Å². The molecule has 2 rings (SSSR count). The van der Waals surface area contributed by atoms with E-state index in [-0.39, 0.29) is 10.5 Å². The Balaban J connectivity index is 2.03. The number of carbonyl (C=O) groups is 1. The van der Waals surface area contributed by atoms with Gasteiger partial charge in [-0.05, 0) is 49.8 Å². The second-order valence-corrected chi connectivity index (χ2v) is 7.29. The Hall–Kier alpha value is -1.44. The van der Waals surface area contributed by atoms with E-state index in [1.54, 1.807) is 6.92 Å². The van der Waals surface area contributed by atoms with Crippen molar-refractivity contribution in [3.8, 4) is 0 Å². The van der Waals surface area contributed by atoms with Crippen LogP contribution in [0.5, 0.6) is 0 Å². The van der Waals surface area contributed by atoms with Crippen LogP contribution < -0.4 is 4.72 Å². The Morgan fingerprint density at radius 2 is 2.23 bits per heavy atom. The highest BCUT2D eigenvalue weighted by Crippen LogP contribution is 2.19. The zero-order valence-corrected chi connectivity index (χ0v) is 13.4. The first-order valence-electron chi connectivity index (χ1n) is 7.31. The predicted octanol–water partition coefficient (Wildman–Crippen LogP) is 1.79. The maximum atomic E-state index is 12.3. The molecule has 1 heterocycles. The van der Waals surface area contributed by atoms with Gasteiger partial charge in [-0.25, -0.2) is 17.9 Å². The average molecular weight is 327 g/mol. The van der Waals surface area contributed by atoms with Crippen molar-refractivity contribution in [1.29, 1.82) is 0 Å². The molecule has 0 spiro atoms. The topological polar surface area (TPSA) is 92.7 Å². The van der Waals surface area contributed by atoms with Gasteiger partial charge in [0.15, 0.2) is 0 Å². The maximum Gasteiger partial charge on any atom is 0.335 e. The van der Waals surface area contributed by atoms with Crippen LogP contribution in [-0.4, -0.2) is 39.3 Å². The van der Waals surface area contributed by atoms with E-state index in [0.717, 1.165) is 25.9 Å². The number of hydrogen-bond acceptors (Lipinski definition) is 4. The van der Waals surface area contributed by atoms with Crippen molar-refractivity contribution in [1.82, 2.24) is 4.72 Å². The van der Waals surface area contributed by atoms with Crippen LogP contribution in [-0.2, 0) is 14.8 Å². The summed E-state index contributed by atoms with van der Waals surface area (Å²) in [4.78, 5) is 11.0. The maximum absolute atomic E-state index is 12.3. The number of ether oxygens (including phenoxy) is 1. The van der Waals surface area contributed by atoms with Crippen LogP contribution in [0.2, 0.25) is 0 Å². The van der Waals surface area contributed by atoms with Crippen molar-refractivity contribution in [3.63, 3.8) is 0 Å². The molecule has 0 bridgehead atoms. The van der Waals surface area contributed by atoms with Gasteiger partial charge in [-0.2, -0.15) is 0 Å². The summed E-state index contributed by atoms with van der Waals surface area (Å²) in [5.41, 5.74) is 0.491. The normalized spacial score (nSPS) is 19.0. The fourth-order valence-corrected chi connectivity index (χ4v) is 3.85. The lowest BCUT2D eigenvalue weighted by Crippen LogP contribution is -2.29. The lowest BCUT2D eigenvalue weighted by Gasteiger charge is -2.22.